The monoisotopic (exact) mass is 394 g/mol. The Kier molecular flexibility index (Phi) is 5.13. The number of nitrogens with one attached hydrogen (secondary N) is 1. The zero-order valence-corrected chi connectivity index (χ0v) is 16.5. The molecule has 0 bridgehead atoms. The summed E-state index contributed by atoms with van der Waals surface area (Å²) in [6, 6.07) is 7.24. The molecule has 4 aromatic rings. The van der Waals surface area contributed by atoms with Gasteiger partial charge in [-0.05, 0) is 30.5 Å². The van der Waals surface area contributed by atoms with Crippen molar-refractivity contribution in [2.45, 2.75) is 19.5 Å². The van der Waals surface area contributed by atoms with E-state index in [1.807, 2.05) is 40.5 Å². The molecule has 150 valence electrons. The molecule has 4 rings (SSSR count). The second kappa shape index (κ2) is 7.88. The number of H-pyrrole nitrogens is 1. The van der Waals surface area contributed by atoms with E-state index >= 15 is 0 Å². The number of hydrogen-bond acceptors (Lipinski definition) is 6. The molecule has 1 N–H and O–H groups in total. The van der Waals surface area contributed by atoms with E-state index in [0.29, 0.717) is 35.8 Å². The number of benzene rings is 1. The van der Waals surface area contributed by atoms with Gasteiger partial charge in [0.15, 0.2) is 5.82 Å². The number of nitrogens with zero attached hydrogens (tertiary/aromatic N) is 5. The van der Waals surface area contributed by atoms with Crippen molar-refractivity contribution in [2.24, 2.45) is 0 Å². The van der Waals surface area contributed by atoms with Crippen LogP contribution in [0.1, 0.15) is 18.8 Å². The van der Waals surface area contributed by atoms with E-state index in [-0.39, 0.29) is 11.6 Å². The smallest absolute Gasteiger partial charge is 0.259 e. The lowest BCUT2D eigenvalue weighted by Gasteiger charge is -2.17. The van der Waals surface area contributed by atoms with Gasteiger partial charge in [-0.25, -0.2) is 4.98 Å². The molecule has 0 spiro atoms. The summed E-state index contributed by atoms with van der Waals surface area (Å²) in [5.41, 5.74) is 0.984. The second-order valence-corrected chi connectivity index (χ2v) is 6.67. The summed E-state index contributed by atoms with van der Waals surface area (Å²) < 4.78 is 14.3. The molecule has 1 atom stereocenters. The van der Waals surface area contributed by atoms with Crippen LogP contribution >= 0.6 is 0 Å². The van der Waals surface area contributed by atoms with Gasteiger partial charge in [0.25, 0.3) is 5.56 Å². The fourth-order valence-corrected chi connectivity index (χ4v) is 3.38. The molecule has 0 saturated carbocycles. The number of aromatic amines is 1. The van der Waals surface area contributed by atoms with Crippen LogP contribution in [0, 0.1) is 0 Å². The minimum absolute atomic E-state index is 0.169. The molecule has 1 unspecified atom stereocenters. The van der Waals surface area contributed by atoms with E-state index in [2.05, 4.69) is 20.2 Å². The van der Waals surface area contributed by atoms with Gasteiger partial charge in [-0.2, -0.15) is 0 Å². The maximum atomic E-state index is 12.8. The first-order valence-corrected chi connectivity index (χ1v) is 9.23. The zero-order valence-electron chi connectivity index (χ0n) is 16.5. The van der Waals surface area contributed by atoms with Crippen molar-refractivity contribution in [3.8, 4) is 17.1 Å². The van der Waals surface area contributed by atoms with Crippen LogP contribution in [0.4, 0.5) is 0 Å². The van der Waals surface area contributed by atoms with Crippen molar-refractivity contribution in [1.29, 1.82) is 0 Å². The normalized spacial score (nSPS) is 12.4. The zero-order chi connectivity index (χ0) is 20.4. The molecule has 1 aromatic carbocycles. The highest BCUT2D eigenvalue weighted by atomic mass is 16.5. The number of ether oxygens (including phenoxy) is 2. The van der Waals surface area contributed by atoms with Crippen LogP contribution in [0.2, 0.25) is 0 Å². The van der Waals surface area contributed by atoms with Gasteiger partial charge < -0.3 is 23.6 Å². The molecular weight excluding hydrogens is 372 g/mol. The van der Waals surface area contributed by atoms with E-state index in [9.17, 15) is 4.79 Å². The average Bonchev–Trinajstić information content (AvgIpc) is 3.40. The predicted octanol–water partition coefficient (Wildman–Crippen LogP) is 2.25. The summed E-state index contributed by atoms with van der Waals surface area (Å²) in [4.78, 5) is 20.2. The van der Waals surface area contributed by atoms with Gasteiger partial charge in [-0.1, -0.05) is 0 Å². The van der Waals surface area contributed by atoms with Crippen molar-refractivity contribution < 1.29 is 9.47 Å². The van der Waals surface area contributed by atoms with Gasteiger partial charge in [0, 0.05) is 32.1 Å². The molecule has 3 aromatic heterocycles. The van der Waals surface area contributed by atoms with E-state index in [0.717, 1.165) is 11.2 Å². The maximum absolute atomic E-state index is 12.8. The van der Waals surface area contributed by atoms with Crippen LogP contribution in [0.3, 0.4) is 0 Å². The largest absolute Gasteiger partial charge is 0.497 e. The van der Waals surface area contributed by atoms with E-state index in [1.165, 1.54) is 0 Å². The first-order valence-electron chi connectivity index (χ1n) is 9.23. The molecule has 3 heterocycles. The third-order valence-electron chi connectivity index (χ3n) is 4.94. The summed E-state index contributed by atoms with van der Waals surface area (Å²) in [6.45, 7) is 3.20. The van der Waals surface area contributed by atoms with Crippen LogP contribution in [0.25, 0.3) is 22.3 Å². The molecule has 0 aliphatic carbocycles. The molecule has 9 nitrogen and oxygen atoms in total. The summed E-state index contributed by atoms with van der Waals surface area (Å²) in [5, 5.41) is 9.18. The lowest BCUT2D eigenvalue weighted by Crippen LogP contribution is -2.18. The molecular formula is C20H22N6O3. The molecule has 9 heteroatoms. The Labute approximate surface area is 166 Å². The highest BCUT2D eigenvalue weighted by molar-refractivity contribution is 5.83. The number of pyridine rings is 1. The number of methoxy groups -OCH3 is 2. The van der Waals surface area contributed by atoms with Gasteiger partial charge in [-0.3, -0.25) is 4.79 Å². The molecule has 29 heavy (non-hydrogen) atoms. The first kappa shape index (κ1) is 18.9. The molecule has 0 amide bonds. The number of hydrogen-bond donors (Lipinski definition) is 1. The maximum Gasteiger partial charge on any atom is 0.259 e. The van der Waals surface area contributed by atoms with Crippen LogP contribution in [0.5, 0.6) is 5.75 Å². The van der Waals surface area contributed by atoms with Crippen LogP contribution < -0.4 is 10.3 Å². The SMILES string of the molecule is COCCn1cnnc1C(C)n1ccnc1-c1cc2ccc(OC)cc2[nH]c1=O. The van der Waals surface area contributed by atoms with Crippen LogP contribution in [-0.4, -0.2) is 50.1 Å². The minimum Gasteiger partial charge on any atom is -0.497 e. The molecule has 0 saturated heterocycles. The number of imidazole rings is 1. The molecule has 0 aliphatic heterocycles. The highest BCUT2D eigenvalue weighted by Gasteiger charge is 2.20. The second-order valence-electron chi connectivity index (χ2n) is 6.67. The quantitative estimate of drug-likeness (QED) is 0.516. The topological polar surface area (TPSA) is 99.8 Å². The Morgan fingerprint density at radius 1 is 1.24 bits per heavy atom. The van der Waals surface area contributed by atoms with E-state index in [1.54, 1.807) is 32.8 Å². The lowest BCUT2D eigenvalue weighted by molar-refractivity contribution is 0.185. The highest BCUT2D eigenvalue weighted by Crippen LogP contribution is 2.25. The summed E-state index contributed by atoms with van der Waals surface area (Å²) in [7, 11) is 3.25. The Bertz CT molecular complexity index is 1190. The summed E-state index contributed by atoms with van der Waals surface area (Å²) in [6.07, 6.45) is 5.20. The standard InChI is InChI=1S/C20H22N6O3/c1-13(18-24-22-12-25(18)8-9-28-2)26-7-6-21-19(26)16-10-14-4-5-15(29-3)11-17(14)23-20(16)27/h4-7,10-13H,8-9H2,1-3H3,(H,23,27). The van der Waals surface area contributed by atoms with Crippen LogP contribution in [-0.2, 0) is 11.3 Å². The Hall–Kier alpha value is -3.46. The van der Waals surface area contributed by atoms with Gasteiger partial charge in [0.05, 0.1) is 30.8 Å². The average molecular weight is 394 g/mol. The number of fused-ring (bicyclic) bond motifs is 1. The lowest BCUT2D eigenvalue weighted by atomic mass is 10.1. The summed E-state index contributed by atoms with van der Waals surface area (Å²) >= 11 is 0. The Morgan fingerprint density at radius 3 is 2.90 bits per heavy atom. The number of aromatic nitrogens is 6. The van der Waals surface area contributed by atoms with Gasteiger partial charge in [0.2, 0.25) is 0 Å². The predicted molar refractivity (Wildman–Crippen MR) is 108 cm³/mol. The van der Waals surface area contributed by atoms with Crippen molar-refractivity contribution in [1.82, 2.24) is 29.3 Å². The van der Waals surface area contributed by atoms with Crippen LogP contribution in [0.15, 0.2) is 47.8 Å². The van der Waals surface area contributed by atoms with Crippen molar-refractivity contribution in [2.75, 3.05) is 20.8 Å². The van der Waals surface area contributed by atoms with E-state index in [4.69, 9.17) is 9.47 Å². The van der Waals surface area contributed by atoms with Crippen molar-refractivity contribution >= 4 is 10.9 Å². The molecule has 0 aliphatic rings. The van der Waals surface area contributed by atoms with Crippen molar-refractivity contribution in [3.63, 3.8) is 0 Å². The number of rotatable bonds is 7. The van der Waals surface area contributed by atoms with Gasteiger partial charge in [-0.15, -0.1) is 10.2 Å². The van der Waals surface area contributed by atoms with Crippen molar-refractivity contribution in [3.05, 3.63) is 59.2 Å². The van der Waals surface area contributed by atoms with Gasteiger partial charge >= 0.3 is 0 Å². The summed E-state index contributed by atoms with van der Waals surface area (Å²) in [5.74, 6) is 2.02. The fourth-order valence-electron chi connectivity index (χ4n) is 3.38. The minimum atomic E-state index is -0.216. The molecule has 0 fully saturated rings. The fraction of sp³-hybridized carbons (Fsp3) is 0.300. The Morgan fingerprint density at radius 2 is 2.10 bits per heavy atom. The Balaban J connectivity index is 1.75. The third kappa shape index (κ3) is 3.52. The van der Waals surface area contributed by atoms with Gasteiger partial charge in [0.1, 0.15) is 17.9 Å². The first-order chi connectivity index (χ1) is 14.1. The molecule has 0 radical (unpaired) electrons. The van der Waals surface area contributed by atoms with E-state index < -0.39 is 0 Å². The third-order valence-corrected chi connectivity index (χ3v) is 4.94.